The Kier molecular flexibility index (Phi) is 7.33. The van der Waals surface area contributed by atoms with Crippen LogP contribution in [0.15, 0.2) is 6.07 Å². The molecule has 0 saturated carbocycles. The van der Waals surface area contributed by atoms with Gasteiger partial charge in [0.2, 0.25) is 5.82 Å². The van der Waals surface area contributed by atoms with E-state index < -0.39 is 17.6 Å². The van der Waals surface area contributed by atoms with Crippen LogP contribution in [0.4, 0.5) is 23.8 Å². The van der Waals surface area contributed by atoms with Crippen molar-refractivity contribution in [2.24, 2.45) is 5.92 Å². The molecule has 0 radical (unpaired) electrons. The fraction of sp³-hybridized carbons (Fsp3) is 0.640. The highest BCUT2D eigenvalue weighted by molar-refractivity contribution is 7.18. The van der Waals surface area contributed by atoms with E-state index in [2.05, 4.69) is 28.2 Å². The molecule has 3 aromatic heterocycles. The Balaban J connectivity index is 1.34. The van der Waals surface area contributed by atoms with Gasteiger partial charge < -0.3 is 23.8 Å². The maximum absolute atomic E-state index is 13.3. The monoisotopic (exact) mass is 567 g/mol. The number of alkyl halides is 3. The minimum absolute atomic E-state index is 0.0907. The number of hydrogen-bond donors (Lipinski definition) is 0. The molecule has 5 rings (SSSR count). The summed E-state index contributed by atoms with van der Waals surface area (Å²) in [6.45, 7) is 9.60. The Morgan fingerprint density at radius 3 is 2.67 bits per heavy atom. The summed E-state index contributed by atoms with van der Waals surface area (Å²) in [6.07, 6.45) is -2.25. The van der Waals surface area contributed by atoms with Gasteiger partial charge in [-0.2, -0.15) is 23.1 Å². The van der Waals surface area contributed by atoms with Gasteiger partial charge in [0.25, 0.3) is 0 Å². The van der Waals surface area contributed by atoms with Crippen LogP contribution in [0.1, 0.15) is 57.1 Å². The van der Waals surface area contributed by atoms with Crippen molar-refractivity contribution in [3.05, 3.63) is 22.6 Å². The Bertz CT molecular complexity index is 1350. The summed E-state index contributed by atoms with van der Waals surface area (Å²) in [5, 5.41) is 8.04. The molecule has 0 bridgehead atoms. The first kappa shape index (κ1) is 27.4. The number of carbonyl (C=O) groups excluding carboxylic acids is 1. The molecule has 0 aliphatic carbocycles. The van der Waals surface area contributed by atoms with Gasteiger partial charge in [-0.05, 0) is 39.7 Å². The number of aryl methyl sites for hydroxylation is 1. The lowest BCUT2D eigenvalue weighted by Gasteiger charge is -2.29. The molecule has 0 N–H and O–H groups in total. The fourth-order valence-corrected chi connectivity index (χ4v) is 5.93. The molecule has 1 saturated heterocycles. The molecule has 1 atom stereocenters. The van der Waals surface area contributed by atoms with Crippen LogP contribution in [0, 0.1) is 5.92 Å². The van der Waals surface area contributed by atoms with Gasteiger partial charge in [-0.1, -0.05) is 13.3 Å². The Morgan fingerprint density at radius 1 is 1.15 bits per heavy atom. The van der Waals surface area contributed by atoms with E-state index in [-0.39, 0.29) is 36.9 Å². The lowest BCUT2D eigenvalue weighted by molar-refractivity contribution is -0.147. The quantitative estimate of drug-likeness (QED) is 0.415. The second kappa shape index (κ2) is 10.4. The van der Waals surface area contributed by atoms with E-state index in [1.807, 2.05) is 25.7 Å². The fourth-order valence-electron chi connectivity index (χ4n) is 4.81. The normalized spacial score (nSPS) is 18.1. The van der Waals surface area contributed by atoms with Gasteiger partial charge in [0.15, 0.2) is 5.82 Å². The number of likely N-dealkylation sites (tertiary alicyclic amines) is 1. The molecule has 39 heavy (non-hydrogen) atoms. The van der Waals surface area contributed by atoms with Gasteiger partial charge in [-0.15, -0.1) is 21.5 Å². The number of ether oxygens (including phenoxy) is 2. The van der Waals surface area contributed by atoms with Crippen LogP contribution in [0.5, 0.6) is 6.01 Å². The van der Waals surface area contributed by atoms with E-state index in [0.29, 0.717) is 32.1 Å². The molecule has 0 spiro atoms. The lowest BCUT2D eigenvalue weighted by Crippen LogP contribution is -2.36. The van der Waals surface area contributed by atoms with Crippen LogP contribution in [0.2, 0.25) is 0 Å². The third-order valence-electron chi connectivity index (χ3n) is 6.59. The summed E-state index contributed by atoms with van der Waals surface area (Å²) >= 11 is 1.57. The van der Waals surface area contributed by atoms with Crippen LogP contribution in [0.3, 0.4) is 0 Å². The van der Waals surface area contributed by atoms with Crippen LogP contribution in [0.25, 0.3) is 10.2 Å². The predicted octanol–water partition coefficient (Wildman–Crippen LogP) is 4.91. The van der Waals surface area contributed by atoms with E-state index in [1.54, 1.807) is 16.2 Å². The average molecular weight is 568 g/mol. The highest BCUT2D eigenvalue weighted by Crippen LogP contribution is 2.36. The smallest absolute Gasteiger partial charge is 0.451 e. The second-order valence-electron chi connectivity index (χ2n) is 10.9. The Hall–Kier alpha value is -3.16. The molecule has 2 aliphatic heterocycles. The van der Waals surface area contributed by atoms with Crippen molar-refractivity contribution in [1.82, 2.24) is 29.6 Å². The van der Waals surface area contributed by atoms with Crippen molar-refractivity contribution in [3.8, 4) is 6.01 Å². The third kappa shape index (κ3) is 6.04. The van der Waals surface area contributed by atoms with Crippen molar-refractivity contribution in [1.29, 1.82) is 0 Å². The number of amides is 1. The van der Waals surface area contributed by atoms with Gasteiger partial charge in [-0.3, -0.25) is 0 Å². The molecule has 10 nitrogen and oxygen atoms in total. The predicted molar refractivity (Wildman–Crippen MR) is 139 cm³/mol. The SMILES string of the molecule is CCCc1cc2c(N3CCn4c(nnc4C(F)(F)F)C3)nc(OC[C@H]3CCN(C(=O)OC(C)(C)C)C3)nc2s1. The van der Waals surface area contributed by atoms with Crippen LogP contribution in [-0.4, -0.2) is 67.6 Å². The standard InChI is InChI=1S/C25H32F3N7O3S/c1-5-6-16-11-17-19(33-9-10-35-18(13-33)31-32-21(35)25(26,27)28)29-22(30-20(17)39-16)37-14-15-7-8-34(12-15)23(36)38-24(2,3)4/h11,15H,5-10,12-14H2,1-4H3/t15-/m0/s1. The molecule has 2 aliphatic rings. The Morgan fingerprint density at radius 2 is 1.95 bits per heavy atom. The van der Waals surface area contributed by atoms with Gasteiger partial charge >= 0.3 is 18.3 Å². The molecule has 3 aromatic rings. The van der Waals surface area contributed by atoms with Crippen LogP contribution < -0.4 is 9.64 Å². The number of thiophene rings is 1. The molecule has 0 aromatic carbocycles. The summed E-state index contributed by atoms with van der Waals surface area (Å²) in [6, 6.07) is 2.26. The zero-order chi connectivity index (χ0) is 27.9. The molecular weight excluding hydrogens is 535 g/mol. The van der Waals surface area contributed by atoms with E-state index in [0.717, 1.165) is 38.9 Å². The van der Waals surface area contributed by atoms with Crippen LogP contribution >= 0.6 is 11.3 Å². The first-order valence-electron chi connectivity index (χ1n) is 13.1. The number of anilines is 1. The molecule has 0 unspecified atom stereocenters. The van der Waals surface area contributed by atoms with Gasteiger partial charge in [0.05, 0.1) is 18.5 Å². The highest BCUT2D eigenvalue weighted by atomic mass is 32.1. The summed E-state index contributed by atoms with van der Waals surface area (Å²) < 4.78 is 52.6. The van der Waals surface area contributed by atoms with Crippen LogP contribution in [-0.2, 0) is 30.4 Å². The summed E-state index contributed by atoms with van der Waals surface area (Å²) in [5.41, 5.74) is -0.557. The second-order valence-corrected chi connectivity index (χ2v) is 12.0. The van der Waals surface area contributed by atoms with Crippen molar-refractivity contribution in [2.75, 3.05) is 31.1 Å². The maximum Gasteiger partial charge on any atom is 0.451 e. The molecule has 212 valence electrons. The number of rotatable bonds is 6. The first-order chi connectivity index (χ1) is 18.4. The average Bonchev–Trinajstić information content (AvgIpc) is 3.58. The van der Waals surface area contributed by atoms with Crippen molar-refractivity contribution in [3.63, 3.8) is 0 Å². The van der Waals surface area contributed by atoms with Gasteiger partial charge in [0, 0.05) is 37.0 Å². The number of aromatic nitrogens is 5. The minimum Gasteiger partial charge on any atom is -0.463 e. The van der Waals surface area contributed by atoms with E-state index in [9.17, 15) is 18.0 Å². The number of nitrogens with zero attached hydrogens (tertiary/aromatic N) is 7. The molecule has 1 amide bonds. The summed E-state index contributed by atoms with van der Waals surface area (Å²) in [5.74, 6) is -0.0291. The maximum atomic E-state index is 13.3. The minimum atomic E-state index is -4.56. The summed E-state index contributed by atoms with van der Waals surface area (Å²) in [4.78, 5) is 27.3. The molecular formula is C25H32F3N7O3S. The van der Waals surface area contributed by atoms with E-state index >= 15 is 0 Å². The summed E-state index contributed by atoms with van der Waals surface area (Å²) in [7, 11) is 0. The lowest BCUT2D eigenvalue weighted by atomic mass is 10.1. The van der Waals surface area contributed by atoms with E-state index in [1.165, 1.54) is 0 Å². The highest BCUT2D eigenvalue weighted by Gasteiger charge is 2.40. The number of carbonyl (C=O) groups is 1. The third-order valence-corrected chi connectivity index (χ3v) is 7.68. The van der Waals surface area contributed by atoms with Gasteiger partial charge in [-0.25, -0.2) is 4.79 Å². The van der Waals surface area contributed by atoms with Crippen molar-refractivity contribution >= 4 is 33.5 Å². The van der Waals surface area contributed by atoms with E-state index in [4.69, 9.17) is 14.5 Å². The van der Waals surface area contributed by atoms with Crippen molar-refractivity contribution < 1.29 is 27.4 Å². The zero-order valence-electron chi connectivity index (χ0n) is 22.4. The Labute approximate surface area is 228 Å². The molecule has 1 fully saturated rings. The number of hydrogen-bond acceptors (Lipinski definition) is 9. The molecule has 5 heterocycles. The first-order valence-corrected chi connectivity index (χ1v) is 13.9. The largest absolute Gasteiger partial charge is 0.463 e. The van der Waals surface area contributed by atoms with Crippen molar-refractivity contribution in [2.45, 2.75) is 71.8 Å². The zero-order valence-corrected chi connectivity index (χ0v) is 23.2. The van der Waals surface area contributed by atoms with Gasteiger partial charge in [0.1, 0.15) is 16.2 Å². The molecule has 14 heteroatoms. The topological polar surface area (TPSA) is 98.5 Å². The number of fused-ring (bicyclic) bond motifs is 2. The number of halogens is 3.